The highest BCUT2D eigenvalue weighted by molar-refractivity contribution is 7.38. The van der Waals surface area contributed by atoms with Crippen LogP contribution in [-0.2, 0) is 18.7 Å². The smallest absolute Gasteiger partial charge is 0.327 e. The monoisotopic (exact) mass is 224 g/mol. The van der Waals surface area contributed by atoms with Crippen molar-refractivity contribution in [1.29, 1.82) is 0 Å². The Labute approximate surface area is 82.1 Å². The van der Waals surface area contributed by atoms with Crippen molar-refractivity contribution in [3.05, 3.63) is 12.7 Å². The lowest BCUT2D eigenvalue weighted by Gasteiger charge is -1.94. The molecule has 1 unspecified atom stereocenters. The highest BCUT2D eigenvalue weighted by Gasteiger charge is 1.96. The van der Waals surface area contributed by atoms with E-state index >= 15 is 0 Å². The lowest BCUT2D eigenvalue weighted by Crippen LogP contribution is -1.98. The molecule has 82 valence electrons. The molecule has 7 heteroatoms. The van der Waals surface area contributed by atoms with Crippen LogP contribution in [0.2, 0.25) is 0 Å². The van der Waals surface area contributed by atoms with Crippen LogP contribution in [0.15, 0.2) is 12.7 Å². The highest BCUT2D eigenvalue weighted by atomic mass is 31.1. The van der Waals surface area contributed by atoms with Gasteiger partial charge < -0.3 is 14.7 Å². The van der Waals surface area contributed by atoms with E-state index in [-0.39, 0.29) is 13.0 Å². The van der Waals surface area contributed by atoms with Gasteiger partial charge in [0.1, 0.15) is 0 Å². The van der Waals surface area contributed by atoms with Crippen LogP contribution in [0, 0.1) is 0 Å². The summed E-state index contributed by atoms with van der Waals surface area (Å²) >= 11 is 0. The molecule has 0 aromatic carbocycles. The molecule has 2 N–H and O–H groups in total. The normalized spacial score (nSPS) is 10.6. The molecular formula is C7H13O6P. The maximum Gasteiger partial charge on any atom is 0.327 e. The predicted molar refractivity (Wildman–Crippen MR) is 51.0 cm³/mol. The van der Waals surface area contributed by atoms with E-state index in [4.69, 9.17) is 10.2 Å². The summed E-state index contributed by atoms with van der Waals surface area (Å²) in [6.45, 7) is 4.43. The number of hydrogen-bond acceptors (Lipinski definition) is 4. The van der Waals surface area contributed by atoms with Crippen LogP contribution in [0.3, 0.4) is 0 Å². The Morgan fingerprint density at radius 2 is 1.93 bits per heavy atom. The van der Waals surface area contributed by atoms with Gasteiger partial charge in [0.25, 0.3) is 0 Å². The van der Waals surface area contributed by atoms with E-state index in [0.717, 1.165) is 6.08 Å². The van der Waals surface area contributed by atoms with Gasteiger partial charge in [0.15, 0.2) is 8.03 Å². The van der Waals surface area contributed by atoms with Gasteiger partial charge in [0.2, 0.25) is 0 Å². The second-order valence-corrected chi connectivity index (χ2v) is 3.30. The second-order valence-electron chi connectivity index (χ2n) is 2.03. The van der Waals surface area contributed by atoms with Crippen molar-refractivity contribution in [3.63, 3.8) is 0 Å². The molecule has 0 aromatic rings. The first kappa shape index (κ1) is 15.3. The van der Waals surface area contributed by atoms with E-state index in [9.17, 15) is 14.2 Å². The second kappa shape index (κ2) is 9.95. The predicted octanol–water partition coefficient (Wildman–Crippen LogP) is 0.839. The molecule has 0 radical (unpaired) electrons. The zero-order chi connectivity index (χ0) is 11.6. The fourth-order valence-electron chi connectivity index (χ4n) is 0.282. The molecule has 1 atom stereocenters. The Morgan fingerprint density at radius 1 is 1.50 bits per heavy atom. The van der Waals surface area contributed by atoms with Crippen LogP contribution in [0.5, 0.6) is 0 Å². The van der Waals surface area contributed by atoms with Crippen LogP contribution in [-0.4, -0.2) is 35.4 Å². The Morgan fingerprint density at radius 3 is 2.14 bits per heavy atom. The quantitative estimate of drug-likeness (QED) is 0.530. The van der Waals surface area contributed by atoms with E-state index in [1.165, 1.54) is 6.66 Å². The van der Waals surface area contributed by atoms with Crippen molar-refractivity contribution in [2.75, 3.05) is 13.3 Å². The van der Waals surface area contributed by atoms with Gasteiger partial charge in [0, 0.05) is 12.7 Å². The van der Waals surface area contributed by atoms with Crippen LogP contribution in [0.25, 0.3) is 0 Å². The van der Waals surface area contributed by atoms with Crippen LogP contribution in [0.4, 0.5) is 0 Å². The van der Waals surface area contributed by atoms with Gasteiger partial charge in [-0.15, -0.1) is 0 Å². The zero-order valence-corrected chi connectivity index (χ0v) is 8.73. The van der Waals surface area contributed by atoms with Gasteiger partial charge in [-0.2, -0.15) is 0 Å². The largest absolute Gasteiger partial charge is 0.481 e. The minimum atomic E-state index is -1.94. The lowest BCUT2D eigenvalue weighted by molar-refractivity contribution is -0.137. The average molecular weight is 224 g/mol. The topological polar surface area (TPSA) is 101 Å². The lowest BCUT2D eigenvalue weighted by atomic mass is 10.5. The molecule has 0 rings (SSSR count). The Kier molecular flexibility index (Phi) is 10.9. The van der Waals surface area contributed by atoms with Gasteiger partial charge in [0.05, 0.1) is 13.0 Å². The summed E-state index contributed by atoms with van der Waals surface area (Å²) < 4.78 is 14.7. The third-order valence-electron chi connectivity index (χ3n) is 0.796. The summed E-state index contributed by atoms with van der Waals surface area (Å²) in [5, 5.41) is 15.7. The Balaban J connectivity index is 0. The molecule has 14 heavy (non-hydrogen) atoms. The van der Waals surface area contributed by atoms with Gasteiger partial charge in [-0.25, -0.2) is 4.79 Å². The maximum absolute atomic E-state index is 10.2. The first-order valence-electron chi connectivity index (χ1n) is 3.60. The minimum Gasteiger partial charge on any atom is -0.481 e. The molecule has 0 aromatic heterocycles. The fourth-order valence-corrected chi connectivity index (χ4v) is 0.672. The molecule has 0 spiro atoms. The summed E-state index contributed by atoms with van der Waals surface area (Å²) in [4.78, 5) is 19.1. The fraction of sp³-hybridized carbons (Fsp3) is 0.429. The SMILES string of the molecule is C=CC(=O)O.C[PH](=O)OCCC(=O)O. The van der Waals surface area contributed by atoms with Gasteiger partial charge in [-0.05, 0) is 0 Å². The van der Waals surface area contributed by atoms with Crippen molar-refractivity contribution >= 4 is 20.0 Å². The number of carbonyl (C=O) groups is 2. The molecule has 0 bridgehead atoms. The van der Waals surface area contributed by atoms with E-state index in [1.807, 2.05) is 0 Å². The molecule has 0 heterocycles. The first-order chi connectivity index (χ1) is 6.40. The number of carboxylic acids is 2. The van der Waals surface area contributed by atoms with Gasteiger partial charge >= 0.3 is 11.9 Å². The number of rotatable bonds is 5. The summed E-state index contributed by atoms with van der Waals surface area (Å²) in [5.74, 6) is -1.91. The zero-order valence-electron chi connectivity index (χ0n) is 7.73. The molecule has 0 aliphatic carbocycles. The molecule has 6 nitrogen and oxygen atoms in total. The molecule has 0 amide bonds. The van der Waals surface area contributed by atoms with Crippen molar-refractivity contribution in [1.82, 2.24) is 0 Å². The first-order valence-corrected chi connectivity index (χ1v) is 5.42. The Bertz CT molecular complexity index is 210. The van der Waals surface area contributed by atoms with Crippen molar-refractivity contribution in [2.24, 2.45) is 0 Å². The summed E-state index contributed by atoms with van der Waals surface area (Å²) in [6.07, 6.45) is 0.754. The maximum atomic E-state index is 10.2. The summed E-state index contributed by atoms with van der Waals surface area (Å²) in [5.41, 5.74) is 0. The van der Waals surface area contributed by atoms with Crippen LogP contribution < -0.4 is 0 Å². The molecule has 0 fully saturated rings. The van der Waals surface area contributed by atoms with Crippen LogP contribution in [0.1, 0.15) is 6.42 Å². The molecule has 0 aliphatic heterocycles. The van der Waals surface area contributed by atoms with Gasteiger partial charge in [-0.1, -0.05) is 6.58 Å². The van der Waals surface area contributed by atoms with Crippen molar-refractivity contribution in [3.8, 4) is 0 Å². The third kappa shape index (κ3) is 22.4. The van der Waals surface area contributed by atoms with E-state index in [1.54, 1.807) is 0 Å². The number of carboxylic acid groups (broad SMARTS) is 2. The van der Waals surface area contributed by atoms with E-state index < -0.39 is 20.0 Å². The van der Waals surface area contributed by atoms with Crippen LogP contribution >= 0.6 is 8.03 Å². The van der Waals surface area contributed by atoms with E-state index in [0.29, 0.717) is 0 Å². The number of hydrogen-bond donors (Lipinski definition) is 2. The average Bonchev–Trinajstić information content (AvgIpc) is 2.04. The number of aliphatic carboxylic acids is 2. The highest BCUT2D eigenvalue weighted by Crippen LogP contribution is 2.14. The molecule has 0 saturated carbocycles. The Hall–Kier alpha value is -1.13. The third-order valence-corrected chi connectivity index (χ3v) is 1.41. The standard InChI is InChI=1S/C4H9O4P.C3H4O2/c1-9(7)8-3-2-4(5)6;1-2-3(4)5/h9H,2-3H2,1H3,(H,5,6);2H,1H2,(H,4,5). The van der Waals surface area contributed by atoms with E-state index in [2.05, 4.69) is 11.1 Å². The minimum absolute atomic E-state index is 0.0453. The summed E-state index contributed by atoms with van der Waals surface area (Å²) in [6, 6.07) is 0. The molecule has 0 saturated heterocycles. The molecule has 0 aliphatic rings. The van der Waals surface area contributed by atoms with Crippen molar-refractivity contribution < 1.29 is 28.9 Å². The van der Waals surface area contributed by atoms with Crippen molar-refractivity contribution in [2.45, 2.75) is 6.42 Å². The summed E-state index contributed by atoms with van der Waals surface area (Å²) in [7, 11) is -1.94. The molecular weight excluding hydrogens is 211 g/mol. The van der Waals surface area contributed by atoms with Gasteiger partial charge in [-0.3, -0.25) is 9.36 Å².